The first-order valence-corrected chi connectivity index (χ1v) is 19.5. The van der Waals surface area contributed by atoms with Gasteiger partial charge in [0.2, 0.25) is 0 Å². The van der Waals surface area contributed by atoms with E-state index < -0.39 is 23.3 Å². The minimum absolute atomic E-state index is 0.0208. The van der Waals surface area contributed by atoms with E-state index in [0.717, 1.165) is 54.4 Å². The SMILES string of the molecule is C=C(C=CC=C(CO)[C@@H]1CC[C@@]2([C@H](CCCO)C(=C(C)C(=O)Cc3cccc(C(N)N)c3)CC[C@@]2(C)O)[C@@H]1O)CCC=C(C)CCCc1ccccc1. The van der Waals surface area contributed by atoms with Crippen molar-refractivity contribution in [3.63, 3.8) is 0 Å². The number of allylic oxidation sites excluding steroid dienone is 8. The van der Waals surface area contributed by atoms with E-state index in [2.05, 4.69) is 43.8 Å². The number of hydrogen-bond acceptors (Lipinski definition) is 7. The Hall–Kier alpha value is -3.43. The Morgan fingerprint density at radius 2 is 1.75 bits per heavy atom. The van der Waals surface area contributed by atoms with Crippen molar-refractivity contribution in [2.45, 2.75) is 116 Å². The molecule has 2 aliphatic carbocycles. The molecule has 0 unspecified atom stereocenters. The molecule has 288 valence electrons. The number of ketones is 1. The number of aliphatic hydroxyl groups excluding tert-OH is 3. The van der Waals surface area contributed by atoms with Gasteiger partial charge in [-0.15, -0.1) is 0 Å². The van der Waals surface area contributed by atoms with E-state index in [9.17, 15) is 25.2 Å². The van der Waals surface area contributed by atoms with E-state index in [4.69, 9.17) is 11.5 Å². The summed E-state index contributed by atoms with van der Waals surface area (Å²) in [5.41, 5.74) is 17.3. The van der Waals surface area contributed by atoms with E-state index in [0.29, 0.717) is 49.7 Å². The number of aliphatic hydroxyl groups is 4. The lowest BCUT2D eigenvalue weighted by atomic mass is 9.52. The van der Waals surface area contributed by atoms with Crippen LogP contribution >= 0.6 is 0 Å². The maximum atomic E-state index is 13.8. The van der Waals surface area contributed by atoms with Crippen LogP contribution in [0.4, 0.5) is 0 Å². The third-order valence-electron chi connectivity index (χ3n) is 12.1. The molecule has 0 aromatic heterocycles. The molecule has 0 heterocycles. The average Bonchev–Trinajstić information content (AvgIpc) is 3.48. The molecule has 0 aliphatic heterocycles. The summed E-state index contributed by atoms with van der Waals surface area (Å²) in [5.74, 6) is -0.690. The van der Waals surface area contributed by atoms with Crippen LogP contribution in [0.1, 0.15) is 108 Å². The normalized spacial score (nSPS) is 26.2. The van der Waals surface area contributed by atoms with Crippen molar-refractivity contribution in [1.82, 2.24) is 0 Å². The smallest absolute Gasteiger partial charge is 0.162 e. The van der Waals surface area contributed by atoms with Crippen LogP contribution in [0.25, 0.3) is 0 Å². The van der Waals surface area contributed by atoms with Crippen LogP contribution in [-0.4, -0.2) is 51.1 Å². The molecule has 2 saturated carbocycles. The quantitative estimate of drug-likeness (QED) is 0.0404. The Morgan fingerprint density at radius 1 is 1.02 bits per heavy atom. The molecule has 7 heteroatoms. The molecule has 5 atom stereocenters. The summed E-state index contributed by atoms with van der Waals surface area (Å²) in [7, 11) is 0. The Kier molecular flexibility index (Phi) is 15.8. The summed E-state index contributed by atoms with van der Waals surface area (Å²) in [6.45, 7) is 9.85. The Labute approximate surface area is 317 Å². The van der Waals surface area contributed by atoms with E-state index in [1.54, 1.807) is 0 Å². The summed E-state index contributed by atoms with van der Waals surface area (Å²) < 4.78 is 0. The molecule has 0 bridgehead atoms. The maximum absolute atomic E-state index is 13.8. The fourth-order valence-corrected chi connectivity index (χ4v) is 8.98. The molecule has 2 aromatic rings. The van der Waals surface area contributed by atoms with Crippen molar-refractivity contribution < 1.29 is 25.2 Å². The fraction of sp³-hybridized carbons (Fsp3) is 0.500. The third-order valence-corrected chi connectivity index (χ3v) is 12.1. The maximum Gasteiger partial charge on any atom is 0.162 e. The Balaban J connectivity index is 1.47. The van der Waals surface area contributed by atoms with E-state index >= 15 is 0 Å². The second-order valence-electron chi connectivity index (χ2n) is 15.7. The van der Waals surface area contributed by atoms with Gasteiger partial charge in [-0.2, -0.15) is 0 Å². The molecule has 2 aromatic carbocycles. The number of rotatable bonds is 18. The van der Waals surface area contributed by atoms with Gasteiger partial charge in [-0.1, -0.05) is 102 Å². The van der Waals surface area contributed by atoms with E-state index in [-0.39, 0.29) is 37.3 Å². The molecule has 7 nitrogen and oxygen atoms in total. The van der Waals surface area contributed by atoms with Crippen molar-refractivity contribution in [1.29, 1.82) is 0 Å². The van der Waals surface area contributed by atoms with Crippen molar-refractivity contribution >= 4 is 5.78 Å². The van der Waals surface area contributed by atoms with Gasteiger partial charge in [-0.05, 0) is 125 Å². The molecule has 4 rings (SSSR count). The first-order valence-electron chi connectivity index (χ1n) is 19.5. The Morgan fingerprint density at radius 3 is 2.45 bits per heavy atom. The molecular weight excluding hydrogens is 661 g/mol. The standard InChI is InChI=1S/C46H64N2O5/c1-32(15-9-19-35-17-6-5-7-18-35)13-8-14-33(2)16-10-22-38(31-50)40-25-27-46(43(40)52)41(23-12-28-49)39(24-26-45(46,4)53)34(3)42(51)30-36-20-11-21-37(29-36)44(47)48/h5-7,10-11,13,16-18,20-22,29,40-41,43-44,49-50,52-53H,2,8-9,12,14-15,19,23-28,30-31,47-48H2,1,3-4H3/t40-,41+,43+,45+,46+/m0/s1. The molecule has 53 heavy (non-hydrogen) atoms. The van der Waals surface area contributed by atoms with Crippen molar-refractivity contribution in [3.05, 3.63) is 130 Å². The second kappa shape index (κ2) is 19.8. The number of hydrogen-bond donors (Lipinski definition) is 6. The van der Waals surface area contributed by atoms with Crippen molar-refractivity contribution in [3.8, 4) is 0 Å². The highest BCUT2D eigenvalue weighted by Crippen LogP contribution is 2.63. The predicted molar refractivity (Wildman–Crippen MR) is 216 cm³/mol. The average molecular weight is 725 g/mol. The highest BCUT2D eigenvalue weighted by molar-refractivity contribution is 5.97. The number of aryl methyl sites for hydroxylation is 1. The highest BCUT2D eigenvalue weighted by atomic mass is 16.3. The largest absolute Gasteiger partial charge is 0.396 e. The summed E-state index contributed by atoms with van der Waals surface area (Å²) in [6.07, 6.45) is 14.8. The van der Waals surface area contributed by atoms with Crippen LogP contribution in [0.5, 0.6) is 0 Å². The molecular formula is C46H64N2O5. The molecule has 2 fully saturated rings. The minimum atomic E-state index is -1.21. The third kappa shape index (κ3) is 10.6. The number of carbonyl (C=O) groups excluding carboxylic acids is 1. The first-order chi connectivity index (χ1) is 25.3. The summed E-state index contributed by atoms with van der Waals surface area (Å²) in [5, 5.41) is 44.8. The zero-order valence-electron chi connectivity index (χ0n) is 32.3. The molecule has 2 aliphatic rings. The monoisotopic (exact) mass is 724 g/mol. The van der Waals surface area contributed by atoms with Crippen LogP contribution in [0.3, 0.4) is 0 Å². The van der Waals surface area contributed by atoms with Gasteiger partial charge in [-0.3, -0.25) is 4.79 Å². The van der Waals surface area contributed by atoms with Gasteiger partial charge in [-0.25, -0.2) is 0 Å². The summed E-state index contributed by atoms with van der Waals surface area (Å²) >= 11 is 0. The van der Waals surface area contributed by atoms with E-state index in [1.165, 1.54) is 11.1 Å². The fourth-order valence-electron chi connectivity index (χ4n) is 8.98. The Bertz CT molecular complexity index is 1650. The number of benzene rings is 2. The van der Waals surface area contributed by atoms with Crippen LogP contribution < -0.4 is 11.5 Å². The topological polar surface area (TPSA) is 150 Å². The van der Waals surface area contributed by atoms with Crippen molar-refractivity contribution in [2.75, 3.05) is 13.2 Å². The summed E-state index contributed by atoms with van der Waals surface area (Å²) in [6, 6.07) is 18.0. The molecule has 1 spiro atoms. The zero-order valence-corrected chi connectivity index (χ0v) is 32.3. The lowest BCUT2D eigenvalue weighted by Gasteiger charge is -2.55. The zero-order chi connectivity index (χ0) is 38.6. The van der Waals surface area contributed by atoms with Gasteiger partial charge < -0.3 is 31.9 Å². The van der Waals surface area contributed by atoms with Gasteiger partial charge in [0.25, 0.3) is 0 Å². The molecule has 0 radical (unpaired) electrons. The lowest BCUT2D eigenvalue weighted by molar-refractivity contribution is -0.167. The van der Waals surface area contributed by atoms with Crippen LogP contribution in [0.2, 0.25) is 0 Å². The number of nitrogens with two attached hydrogens (primary N) is 2. The minimum Gasteiger partial charge on any atom is -0.396 e. The molecule has 8 N–H and O–H groups in total. The van der Waals surface area contributed by atoms with Crippen LogP contribution in [0.15, 0.2) is 113 Å². The predicted octanol–water partition coefficient (Wildman–Crippen LogP) is 7.50. The van der Waals surface area contributed by atoms with Gasteiger partial charge in [0.1, 0.15) is 0 Å². The lowest BCUT2D eigenvalue weighted by Crippen LogP contribution is -2.59. The van der Waals surface area contributed by atoms with Gasteiger partial charge in [0.05, 0.1) is 24.5 Å². The number of Topliss-reactive ketones (excluding diaryl/α,β-unsaturated/α-hetero) is 1. The van der Waals surface area contributed by atoms with Crippen molar-refractivity contribution in [2.24, 2.45) is 28.7 Å². The first kappa shape index (κ1) is 42.3. The highest BCUT2D eigenvalue weighted by Gasteiger charge is 2.64. The van der Waals surface area contributed by atoms with E-state index in [1.807, 2.05) is 62.4 Å². The van der Waals surface area contributed by atoms with Crippen LogP contribution in [-0.2, 0) is 17.6 Å². The second-order valence-corrected chi connectivity index (χ2v) is 15.7. The molecule has 0 saturated heterocycles. The van der Waals surface area contributed by atoms with Crippen LogP contribution in [0, 0.1) is 17.3 Å². The molecule has 0 amide bonds. The number of carbonyl (C=O) groups is 1. The van der Waals surface area contributed by atoms with Gasteiger partial charge in [0, 0.05) is 24.4 Å². The summed E-state index contributed by atoms with van der Waals surface area (Å²) in [4.78, 5) is 13.8. The van der Waals surface area contributed by atoms with Gasteiger partial charge >= 0.3 is 0 Å². The van der Waals surface area contributed by atoms with Gasteiger partial charge in [0.15, 0.2) is 5.78 Å².